The molecule has 1 aliphatic rings. The highest BCUT2D eigenvalue weighted by molar-refractivity contribution is 5.46. The molecule has 2 rings (SSSR count). The summed E-state index contributed by atoms with van der Waals surface area (Å²) in [6, 6.07) is 6.97. The quantitative estimate of drug-likeness (QED) is 0.748. The molecule has 0 aliphatic carbocycles. The molecule has 1 aliphatic heterocycles. The Morgan fingerprint density at radius 2 is 1.86 bits per heavy atom. The van der Waals surface area contributed by atoms with E-state index in [9.17, 15) is 0 Å². The Morgan fingerprint density at radius 1 is 1.23 bits per heavy atom. The van der Waals surface area contributed by atoms with Crippen LogP contribution in [0.4, 0.5) is 5.69 Å². The van der Waals surface area contributed by atoms with Gasteiger partial charge in [-0.25, -0.2) is 4.85 Å². The van der Waals surface area contributed by atoms with Crippen molar-refractivity contribution in [2.75, 3.05) is 13.1 Å². The highest BCUT2D eigenvalue weighted by atomic mass is 16.3. The van der Waals surface area contributed by atoms with Gasteiger partial charge in [-0.1, -0.05) is 39.8 Å². The van der Waals surface area contributed by atoms with Crippen LogP contribution in [0.1, 0.15) is 53.9 Å². The Hall–Kier alpha value is -1.53. The molecule has 1 saturated heterocycles. The number of hydrogen-bond acceptors (Lipinski definition) is 2. The minimum atomic E-state index is 0. The molecule has 1 fully saturated rings. The van der Waals surface area contributed by atoms with Crippen LogP contribution in [0.2, 0.25) is 0 Å². The predicted octanol–water partition coefficient (Wildman–Crippen LogP) is 5.49. The summed E-state index contributed by atoms with van der Waals surface area (Å²) in [7, 11) is 0. The summed E-state index contributed by atoms with van der Waals surface area (Å²) < 4.78 is 0. The number of hydrogen-bond donors (Lipinski definition) is 1. The van der Waals surface area contributed by atoms with Gasteiger partial charge in [-0.05, 0) is 50.8 Å². The van der Waals surface area contributed by atoms with E-state index in [0.717, 1.165) is 12.0 Å². The number of likely N-dealkylation sites (tertiary alicyclic amines) is 1. The molecule has 22 heavy (non-hydrogen) atoms. The zero-order valence-corrected chi connectivity index (χ0v) is 13.5. The molecule has 0 radical (unpaired) electrons. The maximum absolute atomic E-state index is 8.75. The fourth-order valence-electron chi connectivity index (χ4n) is 2.72. The van der Waals surface area contributed by atoms with E-state index in [4.69, 9.17) is 11.7 Å². The number of nitrogens with zero attached hydrogens (tertiary/aromatic N) is 2. The molecule has 3 heteroatoms. The van der Waals surface area contributed by atoms with Gasteiger partial charge in [0, 0.05) is 12.6 Å². The highest BCUT2D eigenvalue weighted by Crippen LogP contribution is 2.23. The van der Waals surface area contributed by atoms with Crippen molar-refractivity contribution in [1.82, 2.24) is 4.90 Å². The minimum absolute atomic E-state index is 0. The Labute approximate surface area is 136 Å². The summed E-state index contributed by atoms with van der Waals surface area (Å²) >= 11 is 0. The maximum Gasteiger partial charge on any atom is 0.187 e. The Balaban J connectivity index is 0.000000397. The second kappa shape index (κ2) is 11.1. The number of piperidine rings is 1. The van der Waals surface area contributed by atoms with Crippen molar-refractivity contribution in [3.63, 3.8) is 0 Å². The lowest BCUT2D eigenvalue weighted by Crippen LogP contribution is -2.41. The fraction of sp³-hybridized carbons (Fsp3) is 0.632. The van der Waals surface area contributed by atoms with E-state index in [2.05, 4.69) is 30.5 Å². The van der Waals surface area contributed by atoms with Gasteiger partial charge in [-0.3, -0.25) is 0 Å². The summed E-state index contributed by atoms with van der Waals surface area (Å²) in [5.74, 6) is 1.18. The fourth-order valence-corrected chi connectivity index (χ4v) is 2.72. The van der Waals surface area contributed by atoms with E-state index >= 15 is 0 Å². The summed E-state index contributed by atoms with van der Waals surface area (Å²) in [6.45, 7) is 16.2. The van der Waals surface area contributed by atoms with Crippen LogP contribution in [-0.2, 0) is 0 Å². The van der Waals surface area contributed by atoms with Crippen molar-refractivity contribution in [2.45, 2.75) is 59.9 Å². The van der Waals surface area contributed by atoms with E-state index in [0.29, 0.717) is 5.69 Å². The molecule has 0 bridgehead atoms. The first-order valence-electron chi connectivity index (χ1n) is 8.01. The molecular formula is C19H32N2O. The van der Waals surface area contributed by atoms with Crippen LogP contribution in [-0.4, -0.2) is 29.1 Å². The van der Waals surface area contributed by atoms with Crippen LogP contribution < -0.4 is 0 Å². The van der Waals surface area contributed by atoms with Crippen molar-refractivity contribution in [2.24, 2.45) is 5.92 Å². The molecule has 1 aromatic rings. The van der Waals surface area contributed by atoms with Gasteiger partial charge in [-0.15, -0.1) is 0 Å². The van der Waals surface area contributed by atoms with Crippen molar-refractivity contribution >= 4 is 5.69 Å². The monoisotopic (exact) mass is 304 g/mol. The van der Waals surface area contributed by atoms with Crippen LogP contribution in [0.5, 0.6) is 5.75 Å². The third kappa shape index (κ3) is 6.95. The van der Waals surface area contributed by atoms with E-state index in [1.54, 1.807) is 12.1 Å². The molecule has 0 amide bonds. The van der Waals surface area contributed by atoms with Crippen molar-refractivity contribution in [3.05, 3.63) is 35.7 Å². The van der Waals surface area contributed by atoms with Crippen LogP contribution in [0.3, 0.4) is 0 Å². The van der Waals surface area contributed by atoms with Crippen LogP contribution in [0.15, 0.2) is 24.3 Å². The van der Waals surface area contributed by atoms with E-state index in [1.807, 2.05) is 0 Å². The van der Waals surface area contributed by atoms with Gasteiger partial charge >= 0.3 is 0 Å². The average molecular weight is 304 g/mol. The number of phenols is 1. The van der Waals surface area contributed by atoms with Gasteiger partial charge in [-0.2, -0.15) is 0 Å². The second-order valence-electron chi connectivity index (χ2n) is 5.82. The number of phenolic OH excluding ortho intramolecular Hbond substituents is 1. The van der Waals surface area contributed by atoms with E-state index in [1.165, 1.54) is 50.9 Å². The summed E-state index contributed by atoms with van der Waals surface area (Å²) in [6.07, 6.45) is 5.55. The van der Waals surface area contributed by atoms with Gasteiger partial charge in [0.25, 0.3) is 0 Å². The lowest BCUT2D eigenvalue weighted by molar-refractivity contribution is 0.116. The molecule has 3 nitrogen and oxygen atoms in total. The normalized spacial score (nSPS) is 21.0. The largest absolute Gasteiger partial charge is 0.508 e. The van der Waals surface area contributed by atoms with E-state index < -0.39 is 0 Å². The summed E-state index contributed by atoms with van der Waals surface area (Å²) in [5, 5.41) is 8.75. The first-order valence-corrected chi connectivity index (χ1v) is 8.01. The molecule has 2 unspecified atom stereocenters. The predicted molar refractivity (Wildman–Crippen MR) is 95.4 cm³/mol. The Bertz CT molecular complexity index is 436. The molecule has 124 valence electrons. The number of rotatable bonds is 3. The van der Waals surface area contributed by atoms with E-state index in [-0.39, 0.29) is 13.2 Å². The van der Waals surface area contributed by atoms with Crippen LogP contribution in [0, 0.1) is 12.5 Å². The smallest absolute Gasteiger partial charge is 0.187 e. The van der Waals surface area contributed by atoms with Gasteiger partial charge in [0.1, 0.15) is 5.75 Å². The van der Waals surface area contributed by atoms with Crippen molar-refractivity contribution < 1.29 is 5.11 Å². The summed E-state index contributed by atoms with van der Waals surface area (Å²) in [4.78, 5) is 5.81. The van der Waals surface area contributed by atoms with Gasteiger partial charge in [0.15, 0.2) is 5.69 Å². The zero-order valence-electron chi connectivity index (χ0n) is 13.5. The number of benzene rings is 1. The molecule has 2 atom stereocenters. The van der Waals surface area contributed by atoms with Crippen molar-refractivity contribution in [1.29, 1.82) is 0 Å². The van der Waals surface area contributed by atoms with Gasteiger partial charge in [0.2, 0.25) is 0 Å². The summed E-state index contributed by atoms with van der Waals surface area (Å²) in [5.41, 5.74) is 0.549. The molecule has 0 saturated carbocycles. The topological polar surface area (TPSA) is 27.8 Å². The highest BCUT2D eigenvalue weighted by Gasteiger charge is 2.22. The lowest BCUT2D eigenvalue weighted by Gasteiger charge is -2.37. The Morgan fingerprint density at radius 3 is 2.36 bits per heavy atom. The zero-order chi connectivity index (χ0) is 15.7. The first-order chi connectivity index (χ1) is 10.1. The molecule has 1 N–H and O–H groups in total. The third-order valence-electron chi connectivity index (χ3n) is 4.18. The lowest BCUT2D eigenvalue weighted by atomic mass is 9.91. The molecule has 1 aromatic carbocycles. The standard InChI is InChI=1S/C11H23N.C7H5NO.CH4/c1-4-8-12-9-11(5-2)7-6-10(12)3;1-8-6-2-4-7(9)5-3-6;/h10-11H,4-9H2,1-3H3;2-5,9H;1H4. The minimum Gasteiger partial charge on any atom is -0.508 e. The van der Waals surface area contributed by atoms with Crippen LogP contribution in [0.25, 0.3) is 4.85 Å². The SMILES string of the molecule is C.CCCN1CC(CC)CCC1C.[C-]#[N+]c1ccc(O)cc1. The van der Waals surface area contributed by atoms with Crippen molar-refractivity contribution in [3.8, 4) is 5.75 Å². The molecule has 0 spiro atoms. The third-order valence-corrected chi connectivity index (χ3v) is 4.18. The first kappa shape index (κ1) is 20.5. The Kier molecular flexibility index (Phi) is 10.3. The van der Waals surface area contributed by atoms with Gasteiger partial charge in [0.05, 0.1) is 6.57 Å². The van der Waals surface area contributed by atoms with Gasteiger partial charge < -0.3 is 10.0 Å². The molecule has 1 heterocycles. The maximum atomic E-state index is 8.75. The van der Waals surface area contributed by atoms with Crippen LogP contribution >= 0.6 is 0 Å². The second-order valence-corrected chi connectivity index (χ2v) is 5.82. The molecule has 0 aromatic heterocycles. The number of aromatic hydroxyl groups is 1. The average Bonchev–Trinajstić information content (AvgIpc) is 2.51. The molecular weight excluding hydrogens is 272 g/mol.